The van der Waals surface area contributed by atoms with E-state index in [0.29, 0.717) is 13.0 Å². The molecular weight excluding hydrogens is 234 g/mol. The molecule has 18 heavy (non-hydrogen) atoms. The maximum Gasteiger partial charge on any atom is 0.326 e. The van der Waals surface area contributed by atoms with Crippen LogP contribution in [-0.2, 0) is 16.1 Å². The summed E-state index contributed by atoms with van der Waals surface area (Å²) in [5.41, 5.74) is 0. The largest absolute Gasteiger partial charge is 0.480 e. The van der Waals surface area contributed by atoms with Crippen LogP contribution in [-0.4, -0.2) is 44.3 Å². The first-order chi connectivity index (χ1) is 8.68. The average molecular weight is 251 g/mol. The summed E-state index contributed by atoms with van der Waals surface area (Å²) < 4.78 is 1.52. The molecule has 1 aliphatic heterocycles. The van der Waals surface area contributed by atoms with Crippen molar-refractivity contribution in [3.8, 4) is 0 Å². The number of carbonyl (C=O) groups is 2. The number of hydrogen-bond donors (Lipinski definition) is 1. The molecule has 1 saturated heterocycles. The highest BCUT2D eigenvalue weighted by Gasteiger charge is 2.30. The number of carbonyl (C=O) groups excluding carboxylic acids is 1. The molecule has 98 valence electrons. The van der Waals surface area contributed by atoms with Crippen LogP contribution < -0.4 is 0 Å². The predicted molar refractivity (Wildman–Crippen MR) is 63.8 cm³/mol. The third-order valence-electron chi connectivity index (χ3n) is 3.21. The van der Waals surface area contributed by atoms with Crippen LogP contribution in [0.4, 0.5) is 0 Å². The van der Waals surface area contributed by atoms with Crippen molar-refractivity contribution in [2.75, 3.05) is 6.54 Å². The second kappa shape index (κ2) is 5.66. The summed E-state index contributed by atoms with van der Waals surface area (Å²) in [6.45, 7) is 0.633. The molecule has 6 heteroatoms. The number of rotatable bonds is 3. The Hall–Kier alpha value is -1.85. The van der Waals surface area contributed by atoms with E-state index in [1.807, 2.05) is 0 Å². The van der Waals surface area contributed by atoms with E-state index in [4.69, 9.17) is 0 Å². The molecule has 1 aromatic heterocycles. The lowest BCUT2D eigenvalue weighted by Crippen LogP contribution is -2.46. The molecule has 0 spiro atoms. The van der Waals surface area contributed by atoms with Crippen molar-refractivity contribution in [1.29, 1.82) is 0 Å². The molecule has 1 atom stereocenters. The zero-order chi connectivity index (χ0) is 13.0. The summed E-state index contributed by atoms with van der Waals surface area (Å²) in [7, 11) is 0. The van der Waals surface area contributed by atoms with Gasteiger partial charge in [-0.1, -0.05) is 12.8 Å². The molecular formula is C12H17N3O3. The van der Waals surface area contributed by atoms with E-state index in [1.54, 1.807) is 18.5 Å². The molecule has 2 heterocycles. The minimum atomic E-state index is -0.911. The van der Waals surface area contributed by atoms with Gasteiger partial charge < -0.3 is 10.0 Å². The van der Waals surface area contributed by atoms with E-state index in [9.17, 15) is 14.7 Å². The van der Waals surface area contributed by atoms with Crippen molar-refractivity contribution >= 4 is 11.9 Å². The number of carboxylic acid groups (broad SMARTS) is 1. The number of nitrogens with zero attached hydrogens (tertiary/aromatic N) is 3. The Kier molecular flexibility index (Phi) is 3.96. The van der Waals surface area contributed by atoms with Crippen molar-refractivity contribution in [2.45, 2.75) is 38.3 Å². The fourth-order valence-electron chi connectivity index (χ4n) is 2.29. The van der Waals surface area contributed by atoms with Gasteiger partial charge in [-0.05, 0) is 18.9 Å². The van der Waals surface area contributed by atoms with Gasteiger partial charge in [0.25, 0.3) is 0 Å². The van der Waals surface area contributed by atoms with Crippen LogP contribution in [0.5, 0.6) is 0 Å². The van der Waals surface area contributed by atoms with Gasteiger partial charge >= 0.3 is 5.97 Å². The number of aromatic nitrogens is 2. The van der Waals surface area contributed by atoms with E-state index in [-0.39, 0.29) is 12.5 Å². The molecule has 1 unspecified atom stereocenters. The Balaban J connectivity index is 2.07. The topological polar surface area (TPSA) is 75.4 Å². The van der Waals surface area contributed by atoms with E-state index in [0.717, 1.165) is 19.3 Å². The fourth-order valence-corrected chi connectivity index (χ4v) is 2.29. The minimum absolute atomic E-state index is 0.108. The number of carboxylic acids is 1. The first kappa shape index (κ1) is 12.6. The summed E-state index contributed by atoms with van der Waals surface area (Å²) in [5, 5.41) is 13.2. The Morgan fingerprint density at radius 3 is 2.83 bits per heavy atom. The van der Waals surface area contributed by atoms with Gasteiger partial charge in [-0.15, -0.1) is 0 Å². The average Bonchev–Trinajstić information content (AvgIpc) is 2.70. The van der Waals surface area contributed by atoms with Crippen molar-refractivity contribution in [2.24, 2.45) is 0 Å². The van der Waals surface area contributed by atoms with Gasteiger partial charge in [0.1, 0.15) is 12.6 Å². The Morgan fingerprint density at radius 1 is 1.33 bits per heavy atom. The van der Waals surface area contributed by atoms with Gasteiger partial charge in [0.05, 0.1) is 0 Å². The second-order valence-electron chi connectivity index (χ2n) is 4.49. The SMILES string of the molecule is O=C(O)C1CCCCCN1C(=O)Cn1cccn1. The molecule has 1 aliphatic rings. The molecule has 1 N–H and O–H groups in total. The maximum atomic E-state index is 12.1. The summed E-state index contributed by atoms with van der Waals surface area (Å²) in [5.74, 6) is -1.08. The summed E-state index contributed by atoms with van der Waals surface area (Å²) in [6.07, 6.45) is 6.56. The number of amides is 1. The first-order valence-corrected chi connectivity index (χ1v) is 6.18. The normalized spacial score (nSPS) is 20.4. The molecule has 0 bridgehead atoms. The highest BCUT2D eigenvalue weighted by atomic mass is 16.4. The van der Waals surface area contributed by atoms with Crippen LogP contribution in [0, 0.1) is 0 Å². The lowest BCUT2D eigenvalue weighted by molar-refractivity contribution is -0.150. The molecule has 0 radical (unpaired) electrons. The van der Waals surface area contributed by atoms with Gasteiger partial charge in [0.15, 0.2) is 0 Å². The van der Waals surface area contributed by atoms with Crippen molar-refractivity contribution < 1.29 is 14.7 Å². The summed E-state index contributed by atoms with van der Waals surface area (Å²) >= 11 is 0. The molecule has 6 nitrogen and oxygen atoms in total. The predicted octanol–water partition coefficient (Wildman–Crippen LogP) is 0.739. The van der Waals surface area contributed by atoms with Gasteiger partial charge in [0.2, 0.25) is 5.91 Å². The van der Waals surface area contributed by atoms with E-state index >= 15 is 0 Å². The van der Waals surface area contributed by atoms with Crippen LogP contribution in [0.2, 0.25) is 0 Å². The standard InChI is InChI=1S/C12H17N3O3/c16-11(9-14-7-4-6-13-14)15-8-3-1-2-5-10(15)12(17)18/h4,6-7,10H,1-3,5,8-9H2,(H,17,18). The number of hydrogen-bond acceptors (Lipinski definition) is 3. The zero-order valence-corrected chi connectivity index (χ0v) is 10.2. The minimum Gasteiger partial charge on any atom is -0.480 e. The van der Waals surface area contributed by atoms with Gasteiger partial charge in [-0.3, -0.25) is 9.48 Å². The molecule has 1 aromatic rings. The number of aliphatic carboxylic acids is 1. The fraction of sp³-hybridized carbons (Fsp3) is 0.583. The highest BCUT2D eigenvalue weighted by molar-refractivity contribution is 5.83. The Bertz CT molecular complexity index is 416. The van der Waals surface area contributed by atoms with Crippen molar-refractivity contribution in [3.63, 3.8) is 0 Å². The van der Waals surface area contributed by atoms with Crippen LogP contribution >= 0.6 is 0 Å². The monoisotopic (exact) mass is 251 g/mol. The molecule has 2 rings (SSSR count). The third kappa shape index (κ3) is 2.88. The maximum absolute atomic E-state index is 12.1. The van der Waals surface area contributed by atoms with Crippen LogP contribution in [0.15, 0.2) is 18.5 Å². The Labute approximate surface area is 105 Å². The molecule has 0 aliphatic carbocycles. The first-order valence-electron chi connectivity index (χ1n) is 6.18. The van der Waals surface area contributed by atoms with Crippen LogP contribution in [0.1, 0.15) is 25.7 Å². The summed E-state index contributed by atoms with van der Waals surface area (Å²) in [4.78, 5) is 24.8. The van der Waals surface area contributed by atoms with Gasteiger partial charge in [0, 0.05) is 18.9 Å². The Morgan fingerprint density at radius 2 is 2.17 bits per heavy atom. The van der Waals surface area contributed by atoms with Crippen molar-refractivity contribution in [1.82, 2.24) is 14.7 Å². The second-order valence-corrected chi connectivity index (χ2v) is 4.49. The molecule has 1 amide bonds. The quantitative estimate of drug-likeness (QED) is 0.859. The third-order valence-corrected chi connectivity index (χ3v) is 3.21. The molecule has 0 saturated carbocycles. The zero-order valence-electron chi connectivity index (χ0n) is 10.2. The molecule has 1 fully saturated rings. The van der Waals surface area contributed by atoms with Crippen molar-refractivity contribution in [3.05, 3.63) is 18.5 Å². The van der Waals surface area contributed by atoms with Crippen LogP contribution in [0.3, 0.4) is 0 Å². The lowest BCUT2D eigenvalue weighted by atomic mass is 10.1. The van der Waals surface area contributed by atoms with E-state index in [2.05, 4.69) is 5.10 Å². The number of likely N-dealkylation sites (tertiary alicyclic amines) is 1. The molecule has 0 aromatic carbocycles. The van der Waals surface area contributed by atoms with E-state index < -0.39 is 12.0 Å². The van der Waals surface area contributed by atoms with E-state index in [1.165, 1.54) is 9.58 Å². The highest BCUT2D eigenvalue weighted by Crippen LogP contribution is 2.17. The summed E-state index contributed by atoms with van der Waals surface area (Å²) in [6, 6.07) is 1.06. The van der Waals surface area contributed by atoms with Gasteiger partial charge in [-0.2, -0.15) is 5.10 Å². The van der Waals surface area contributed by atoms with Crippen LogP contribution in [0.25, 0.3) is 0 Å². The van der Waals surface area contributed by atoms with Gasteiger partial charge in [-0.25, -0.2) is 4.79 Å². The smallest absolute Gasteiger partial charge is 0.326 e. The lowest BCUT2D eigenvalue weighted by Gasteiger charge is -2.26.